The number of aryl methyl sites for hydroxylation is 1. The Bertz CT molecular complexity index is 543. The summed E-state index contributed by atoms with van der Waals surface area (Å²) in [6.45, 7) is 2.91. The molecule has 1 saturated carbocycles. The van der Waals surface area contributed by atoms with Crippen molar-refractivity contribution in [3.8, 4) is 0 Å². The average molecular weight is 312 g/mol. The topological polar surface area (TPSA) is 62.5 Å². The van der Waals surface area contributed by atoms with Crippen LogP contribution in [0.3, 0.4) is 0 Å². The van der Waals surface area contributed by atoms with E-state index in [2.05, 4.69) is 0 Å². The van der Waals surface area contributed by atoms with Crippen LogP contribution in [0, 0.1) is 6.92 Å². The van der Waals surface area contributed by atoms with E-state index in [0.29, 0.717) is 25.9 Å². The van der Waals surface area contributed by atoms with Gasteiger partial charge in [-0.1, -0.05) is 24.2 Å². The van der Waals surface area contributed by atoms with Crippen molar-refractivity contribution < 1.29 is 9.90 Å². The zero-order chi connectivity index (χ0) is 15.5. The molecule has 21 heavy (non-hydrogen) atoms. The van der Waals surface area contributed by atoms with Crippen LogP contribution in [0.15, 0.2) is 10.2 Å². The number of hydrogen-bond donors (Lipinski definition) is 1. The maximum Gasteiger partial charge on any atom is 0.307 e. The molecule has 0 aliphatic heterocycles. The van der Waals surface area contributed by atoms with E-state index < -0.39 is 5.60 Å². The van der Waals surface area contributed by atoms with Crippen LogP contribution in [-0.4, -0.2) is 39.7 Å². The zero-order valence-electron chi connectivity index (χ0n) is 12.8. The van der Waals surface area contributed by atoms with E-state index in [1.165, 1.54) is 11.3 Å². The van der Waals surface area contributed by atoms with Crippen LogP contribution >= 0.6 is 11.3 Å². The third-order valence-corrected chi connectivity index (χ3v) is 5.12. The lowest BCUT2D eigenvalue weighted by atomic mass is 10.0. The summed E-state index contributed by atoms with van der Waals surface area (Å²) in [4.78, 5) is 25.3. The van der Waals surface area contributed by atoms with Gasteiger partial charge < -0.3 is 14.6 Å². The van der Waals surface area contributed by atoms with Gasteiger partial charge in [0, 0.05) is 37.6 Å². The molecule has 0 saturated heterocycles. The Kier molecular flexibility index (Phi) is 5.22. The van der Waals surface area contributed by atoms with Gasteiger partial charge in [0.05, 0.1) is 5.60 Å². The monoisotopic (exact) mass is 312 g/mol. The van der Waals surface area contributed by atoms with Gasteiger partial charge in [0.1, 0.15) is 0 Å². The van der Waals surface area contributed by atoms with Crippen molar-refractivity contribution in [3.63, 3.8) is 0 Å². The van der Waals surface area contributed by atoms with Crippen molar-refractivity contribution >= 4 is 17.2 Å². The molecular formula is C15H24N2O3S. The number of hydrogen-bond acceptors (Lipinski definition) is 4. The minimum Gasteiger partial charge on any atom is -0.388 e. The Labute approximate surface area is 129 Å². The van der Waals surface area contributed by atoms with Crippen molar-refractivity contribution in [1.29, 1.82) is 0 Å². The van der Waals surface area contributed by atoms with E-state index in [1.54, 1.807) is 16.5 Å². The number of thiazole rings is 1. The first-order valence-corrected chi connectivity index (χ1v) is 8.40. The van der Waals surface area contributed by atoms with E-state index >= 15 is 0 Å². The molecule has 0 unspecified atom stereocenters. The Balaban J connectivity index is 1.77. The number of rotatable bonds is 6. The number of carbonyl (C=O) groups excluding carboxylic acids is 1. The highest BCUT2D eigenvalue weighted by Crippen LogP contribution is 2.30. The van der Waals surface area contributed by atoms with Gasteiger partial charge >= 0.3 is 4.87 Å². The normalized spacial score (nSPS) is 17.1. The van der Waals surface area contributed by atoms with E-state index in [0.717, 1.165) is 31.4 Å². The second-order valence-corrected chi connectivity index (χ2v) is 6.90. The molecule has 0 bridgehead atoms. The smallest absolute Gasteiger partial charge is 0.307 e. The lowest BCUT2D eigenvalue weighted by Crippen LogP contribution is -2.42. The second kappa shape index (κ2) is 6.75. The number of nitrogens with zero attached hydrogens (tertiary/aromatic N) is 2. The number of amides is 1. The number of aromatic nitrogens is 1. The maximum absolute atomic E-state index is 12.1. The molecule has 1 aromatic heterocycles. The molecule has 5 nitrogen and oxygen atoms in total. The first-order valence-electron chi connectivity index (χ1n) is 7.53. The van der Waals surface area contributed by atoms with Crippen LogP contribution < -0.4 is 4.87 Å². The summed E-state index contributed by atoms with van der Waals surface area (Å²) in [5.41, 5.74) is 0.261. The maximum atomic E-state index is 12.1. The summed E-state index contributed by atoms with van der Waals surface area (Å²) < 4.78 is 1.71. The summed E-state index contributed by atoms with van der Waals surface area (Å²) in [6.07, 6.45) is 4.72. The minimum absolute atomic E-state index is 0.0357. The van der Waals surface area contributed by atoms with Crippen LogP contribution in [0.2, 0.25) is 0 Å². The molecule has 0 aromatic carbocycles. The summed E-state index contributed by atoms with van der Waals surface area (Å²) in [6, 6.07) is 0. The standard InChI is InChI=1S/C15H24N2O3S/c1-12-10-21-14(19)17(12)9-5-6-13(18)16(2)11-15(20)7-3-4-8-15/h10,20H,3-9,11H2,1-2H3. The molecule has 1 aliphatic rings. The van der Waals surface area contributed by atoms with Gasteiger partial charge in [0.15, 0.2) is 0 Å². The quantitative estimate of drug-likeness (QED) is 0.870. The molecule has 2 rings (SSSR count). The molecule has 6 heteroatoms. The molecule has 1 amide bonds. The fourth-order valence-electron chi connectivity index (χ4n) is 2.97. The first kappa shape index (κ1) is 16.2. The Morgan fingerprint density at radius 2 is 2.14 bits per heavy atom. The van der Waals surface area contributed by atoms with Gasteiger partial charge in [-0.15, -0.1) is 0 Å². The minimum atomic E-state index is -0.689. The highest BCUT2D eigenvalue weighted by molar-refractivity contribution is 7.07. The zero-order valence-corrected chi connectivity index (χ0v) is 13.6. The van der Waals surface area contributed by atoms with Crippen molar-refractivity contribution in [3.05, 3.63) is 20.7 Å². The lowest BCUT2D eigenvalue weighted by Gasteiger charge is -2.28. The fraction of sp³-hybridized carbons (Fsp3) is 0.733. The molecule has 0 radical (unpaired) electrons. The molecule has 118 valence electrons. The highest BCUT2D eigenvalue weighted by atomic mass is 32.1. The Morgan fingerprint density at radius 1 is 1.48 bits per heavy atom. The largest absolute Gasteiger partial charge is 0.388 e. The van der Waals surface area contributed by atoms with E-state index in [-0.39, 0.29) is 10.8 Å². The van der Waals surface area contributed by atoms with Gasteiger partial charge in [-0.25, -0.2) is 0 Å². The van der Waals surface area contributed by atoms with Crippen molar-refractivity contribution in [2.45, 2.75) is 57.6 Å². The summed E-state index contributed by atoms with van der Waals surface area (Å²) in [5, 5.41) is 12.2. The molecule has 1 heterocycles. The third-order valence-electron chi connectivity index (χ3n) is 4.24. The average Bonchev–Trinajstić information content (AvgIpc) is 2.98. The predicted octanol–water partition coefficient (Wildman–Crippen LogP) is 1.76. The van der Waals surface area contributed by atoms with Crippen LogP contribution in [0.25, 0.3) is 0 Å². The molecule has 1 fully saturated rings. The highest BCUT2D eigenvalue weighted by Gasteiger charge is 2.33. The first-order chi connectivity index (χ1) is 9.91. The van der Waals surface area contributed by atoms with Crippen LogP contribution in [0.5, 0.6) is 0 Å². The molecule has 1 N–H and O–H groups in total. The van der Waals surface area contributed by atoms with Crippen molar-refractivity contribution in [2.75, 3.05) is 13.6 Å². The molecule has 0 atom stereocenters. The van der Waals surface area contributed by atoms with Crippen LogP contribution in [0.1, 0.15) is 44.2 Å². The lowest BCUT2D eigenvalue weighted by molar-refractivity contribution is -0.133. The third kappa shape index (κ3) is 4.17. The van der Waals surface area contributed by atoms with E-state index in [1.807, 2.05) is 12.3 Å². The van der Waals surface area contributed by atoms with Gasteiger partial charge in [-0.3, -0.25) is 9.59 Å². The Morgan fingerprint density at radius 3 is 2.71 bits per heavy atom. The van der Waals surface area contributed by atoms with Gasteiger partial charge in [0.2, 0.25) is 5.91 Å². The molecule has 1 aromatic rings. The fourth-order valence-corrected chi connectivity index (χ4v) is 3.74. The predicted molar refractivity (Wildman–Crippen MR) is 83.6 cm³/mol. The summed E-state index contributed by atoms with van der Waals surface area (Å²) >= 11 is 1.20. The van der Waals surface area contributed by atoms with Crippen LogP contribution in [0.4, 0.5) is 0 Å². The van der Waals surface area contributed by atoms with Crippen molar-refractivity contribution in [1.82, 2.24) is 9.47 Å². The number of aliphatic hydroxyl groups is 1. The van der Waals surface area contributed by atoms with E-state index in [4.69, 9.17) is 0 Å². The summed E-state index contributed by atoms with van der Waals surface area (Å²) in [7, 11) is 1.75. The second-order valence-electron chi connectivity index (χ2n) is 6.08. The van der Waals surface area contributed by atoms with Crippen LogP contribution in [-0.2, 0) is 11.3 Å². The van der Waals surface area contributed by atoms with Crippen molar-refractivity contribution in [2.24, 2.45) is 0 Å². The SMILES string of the molecule is Cc1csc(=O)n1CCCC(=O)N(C)CC1(O)CCCC1. The molecule has 0 spiro atoms. The van der Waals surface area contributed by atoms with Gasteiger partial charge in [-0.05, 0) is 26.2 Å². The molecular weight excluding hydrogens is 288 g/mol. The Hall–Kier alpha value is -1.14. The number of carbonyl (C=O) groups is 1. The molecule has 1 aliphatic carbocycles. The van der Waals surface area contributed by atoms with Gasteiger partial charge in [0.25, 0.3) is 0 Å². The van der Waals surface area contributed by atoms with Gasteiger partial charge in [-0.2, -0.15) is 0 Å². The number of likely N-dealkylation sites (N-methyl/N-ethyl adjacent to an activating group) is 1. The summed E-state index contributed by atoms with van der Waals surface area (Å²) in [5.74, 6) is 0.0382. The van der Waals surface area contributed by atoms with E-state index in [9.17, 15) is 14.7 Å².